The van der Waals surface area contributed by atoms with Crippen LogP contribution in [0.1, 0.15) is 38.9 Å². The average Bonchev–Trinajstić information content (AvgIpc) is 2.66. The molecule has 19 heavy (non-hydrogen) atoms. The first-order valence-electron chi connectivity index (χ1n) is 6.29. The van der Waals surface area contributed by atoms with Crippen molar-refractivity contribution in [2.75, 3.05) is 0 Å². The molecule has 1 aromatic carbocycles. The second-order valence-corrected chi connectivity index (χ2v) is 4.83. The lowest BCUT2D eigenvalue weighted by atomic mass is 10.2. The number of halogens is 1. The maximum Gasteiger partial charge on any atom is 0.307 e. The summed E-state index contributed by atoms with van der Waals surface area (Å²) in [5, 5.41) is 10.8. The van der Waals surface area contributed by atoms with Crippen LogP contribution in [0.4, 0.5) is 10.1 Å². The number of nitrogens with zero attached hydrogens (tertiary/aromatic N) is 3. The lowest BCUT2D eigenvalue weighted by Gasteiger charge is -2.09. The van der Waals surface area contributed by atoms with Crippen LogP contribution in [0.5, 0.6) is 0 Å². The monoisotopic (exact) mass is 265 g/mol. The van der Waals surface area contributed by atoms with E-state index in [-0.39, 0.29) is 5.92 Å². The minimum absolute atomic E-state index is 0.182. The number of hydrogen-bond donors (Lipinski definition) is 0. The second kappa shape index (κ2) is 4.95. The second-order valence-electron chi connectivity index (χ2n) is 4.83. The lowest BCUT2D eigenvalue weighted by Crippen LogP contribution is -2.05. The van der Waals surface area contributed by atoms with Crippen LogP contribution in [0.3, 0.4) is 0 Å². The van der Waals surface area contributed by atoms with E-state index >= 15 is 0 Å². The summed E-state index contributed by atoms with van der Waals surface area (Å²) in [6, 6.07) is 2.42. The fourth-order valence-corrected chi connectivity index (χ4v) is 2.19. The molecule has 0 saturated heterocycles. The first-order chi connectivity index (χ1) is 8.95. The molecular formula is C13H16FN3O2. The fourth-order valence-electron chi connectivity index (χ4n) is 2.19. The maximum absolute atomic E-state index is 13.6. The van der Waals surface area contributed by atoms with Gasteiger partial charge in [0.2, 0.25) is 5.82 Å². The minimum Gasteiger partial charge on any atom is -0.328 e. The summed E-state index contributed by atoms with van der Waals surface area (Å²) in [6.07, 6.45) is 0.885. The topological polar surface area (TPSA) is 61.0 Å². The van der Waals surface area contributed by atoms with E-state index in [0.717, 1.165) is 18.3 Å². The predicted molar refractivity (Wildman–Crippen MR) is 70.7 cm³/mol. The minimum atomic E-state index is -0.839. The van der Waals surface area contributed by atoms with Gasteiger partial charge >= 0.3 is 5.69 Å². The Balaban J connectivity index is 2.74. The van der Waals surface area contributed by atoms with Gasteiger partial charge in [0.15, 0.2) is 0 Å². The van der Waals surface area contributed by atoms with Gasteiger partial charge in [-0.05, 0) is 6.42 Å². The van der Waals surface area contributed by atoms with Gasteiger partial charge in [-0.25, -0.2) is 4.98 Å². The Kier molecular flexibility index (Phi) is 3.50. The average molecular weight is 265 g/mol. The highest BCUT2D eigenvalue weighted by atomic mass is 19.1. The third-order valence-corrected chi connectivity index (χ3v) is 3.01. The van der Waals surface area contributed by atoms with Crippen LogP contribution in [-0.2, 0) is 6.54 Å². The standard InChI is InChI=1S/C13H16FN3O2/c1-4-5-16-12-7-11(17(18)19)9(14)6-10(12)15-13(16)8(2)3/h6-8H,4-5H2,1-3H3. The highest BCUT2D eigenvalue weighted by molar-refractivity contribution is 5.79. The number of aryl methyl sites for hydroxylation is 1. The zero-order chi connectivity index (χ0) is 14.2. The summed E-state index contributed by atoms with van der Waals surface area (Å²) in [5.74, 6) is 0.173. The number of nitro benzene ring substituents is 1. The molecule has 6 heteroatoms. The first-order valence-corrected chi connectivity index (χ1v) is 6.29. The Morgan fingerprint density at radius 1 is 1.47 bits per heavy atom. The number of nitro groups is 1. The number of aromatic nitrogens is 2. The van der Waals surface area contributed by atoms with Crippen molar-refractivity contribution >= 4 is 16.7 Å². The molecule has 0 spiro atoms. The largest absolute Gasteiger partial charge is 0.328 e. The van der Waals surface area contributed by atoms with Gasteiger partial charge in [0.25, 0.3) is 0 Å². The summed E-state index contributed by atoms with van der Waals surface area (Å²) in [4.78, 5) is 14.5. The first kappa shape index (κ1) is 13.5. The molecule has 2 aromatic rings. The molecular weight excluding hydrogens is 249 g/mol. The Bertz CT molecular complexity index is 634. The highest BCUT2D eigenvalue weighted by Gasteiger charge is 2.20. The molecule has 0 aliphatic heterocycles. The van der Waals surface area contributed by atoms with Crippen LogP contribution in [0.2, 0.25) is 0 Å². The Morgan fingerprint density at radius 3 is 2.68 bits per heavy atom. The normalized spacial score (nSPS) is 11.4. The number of imidazole rings is 1. The molecule has 0 N–H and O–H groups in total. The molecule has 0 fully saturated rings. The van der Waals surface area contributed by atoms with Crippen molar-refractivity contribution in [1.29, 1.82) is 0 Å². The van der Waals surface area contributed by atoms with Crippen LogP contribution in [-0.4, -0.2) is 14.5 Å². The number of benzene rings is 1. The van der Waals surface area contributed by atoms with Crippen LogP contribution in [0.25, 0.3) is 11.0 Å². The summed E-state index contributed by atoms with van der Waals surface area (Å²) < 4.78 is 15.5. The van der Waals surface area contributed by atoms with Gasteiger partial charge in [0.1, 0.15) is 5.82 Å². The van der Waals surface area contributed by atoms with Crippen molar-refractivity contribution in [3.05, 3.63) is 33.9 Å². The molecule has 0 aliphatic rings. The Morgan fingerprint density at radius 2 is 2.16 bits per heavy atom. The molecule has 5 nitrogen and oxygen atoms in total. The molecule has 102 valence electrons. The zero-order valence-electron chi connectivity index (χ0n) is 11.2. The fraction of sp³-hybridized carbons (Fsp3) is 0.462. The van der Waals surface area contributed by atoms with Gasteiger partial charge < -0.3 is 4.57 Å². The summed E-state index contributed by atoms with van der Waals surface area (Å²) >= 11 is 0. The highest BCUT2D eigenvalue weighted by Crippen LogP contribution is 2.28. The third-order valence-electron chi connectivity index (χ3n) is 3.01. The van der Waals surface area contributed by atoms with Crippen molar-refractivity contribution in [2.45, 2.75) is 39.7 Å². The third kappa shape index (κ3) is 2.30. The van der Waals surface area contributed by atoms with Gasteiger partial charge in [-0.3, -0.25) is 10.1 Å². The molecule has 0 bridgehead atoms. The van der Waals surface area contributed by atoms with E-state index in [0.29, 0.717) is 17.6 Å². The van der Waals surface area contributed by atoms with Gasteiger partial charge in [0.05, 0.1) is 16.0 Å². The van der Waals surface area contributed by atoms with E-state index in [9.17, 15) is 14.5 Å². The zero-order valence-corrected chi connectivity index (χ0v) is 11.2. The predicted octanol–water partition coefficient (Wildman–Crippen LogP) is 3.62. The van der Waals surface area contributed by atoms with Gasteiger partial charge in [-0.2, -0.15) is 4.39 Å². The number of hydrogen-bond acceptors (Lipinski definition) is 3. The molecule has 0 aliphatic carbocycles. The van der Waals surface area contributed by atoms with Crippen LogP contribution in [0, 0.1) is 15.9 Å². The summed E-state index contributed by atoms with van der Waals surface area (Å²) in [5.41, 5.74) is 0.596. The summed E-state index contributed by atoms with van der Waals surface area (Å²) in [7, 11) is 0. The van der Waals surface area contributed by atoms with Crippen molar-refractivity contribution in [2.24, 2.45) is 0 Å². The molecule has 0 unspecified atom stereocenters. The Hall–Kier alpha value is -1.98. The van der Waals surface area contributed by atoms with Crippen molar-refractivity contribution < 1.29 is 9.31 Å². The molecule has 0 amide bonds. The molecule has 0 atom stereocenters. The number of fused-ring (bicyclic) bond motifs is 1. The van der Waals surface area contributed by atoms with Crippen LogP contribution >= 0.6 is 0 Å². The van der Waals surface area contributed by atoms with Crippen LogP contribution < -0.4 is 0 Å². The molecule has 0 radical (unpaired) electrons. The molecule has 1 heterocycles. The van der Waals surface area contributed by atoms with Crippen LogP contribution in [0.15, 0.2) is 12.1 Å². The molecule has 0 saturated carbocycles. The number of rotatable bonds is 4. The molecule has 2 rings (SSSR count). The van der Waals surface area contributed by atoms with E-state index in [1.807, 2.05) is 25.3 Å². The van der Waals surface area contributed by atoms with Crippen molar-refractivity contribution in [3.8, 4) is 0 Å². The van der Waals surface area contributed by atoms with Crippen molar-refractivity contribution in [1.82, 2.24) is 9.55 Å². The van der Waals surface area contributed by atoms with E-state index in [2.05, 4.69) is 4.98 Å². The maximum atomic E-state index is 13.6. The molecule has 1 aromatic heterocycles. The van der Waals surface area contributed by atoms with Gasteiger partial charge in [-0.15, -0.1) is 0 Å². The van der Waals surface area contributed by atoms with Crippen molar-refractivity contribution in [3.63, 3.8) is 0 Å². The summed E-state index contributed by atoms with van der Waals surface area (Å²) in [6.45, 7) is 6.73. The smallest absolute Gasteiger partial charge is 0.307 e. The van der Waals surface area contributed by atoms with E-state index in [1.165, 1.54) is 6.07 Å². The van der Waals surface area contributed by atoms with Gasteiger partial charge in [-0.1, -0.05) is 20.8 Å². The SMILES string of the molecule is CCCn1c(C(C)C)nc2cc(F)c([N+](=O)[O-])cc21. The van der Waals surface area contributed by atoms with Gasteiger partial charge in [0, 0.05) is 24.6 Å². The van der Waals surface area contributed by atoms with E-state index in [4.69, 9.17) is 0 Å². The quantitative estimate of drug-likeness (QED) is 0.626. The Labute approximate surface area is 110 Å². The van der Waals surface area contributed by atoms with E-state index in [1.54, 1.807) is 0 Å². The lowest BCUT2D eigenvalue weighted by molar-refractivity contribution is -0.387. The van der Waals surface area contributed by atoms with E-state index < -0.39 is 16.4 Å².